The summed E-state index contributed by atoms with van der Waals surface area (Å²) >= 11 is 0. The molecule has 2 bridgehead atoms. The van der Waals surface area contributed by atoms with Gasteiger partial charge in [-0.15, -0.1) is 12.4 Å². The third-order valence-corrected chi connectivity index (χ3v) is 7.92. The van der Waals surface area contributed by atoms with E-state index in [2.05, 4.69) is 16.0 Å². The largest absolute Gasteiger partial charge is 0.493 e. The number of hydrogen-bond acceptors (Lipinski definition) is 8. The molecule has 6 N–H and O–H groups in total. The molecule has 0 saturated carbocycles. The summed E-state index contributed by atoms with van der Waals surface area (Å²) in [5.41, 5.74) is 8.53. The Morgan fingerprint density at radius 2 is 1.84 bits per heavy atom. The van der Waals surface area contributed by atoms with Gasteiger partial charge in [0, 0.05) is 42.9 Å². The number of fused-ring (bicyclic) bond motifs is 2. The first-order valence-corrected chi connectivity index (χ1v) is 15.7. The number of rotatable bonds is 6. The molecule has 0 spiro atoms. The third-order valence-electron chi connectivity index (χ3n) is 7.92. The number of nitrogens with zero attached hydrogens (tertiary/aromatic N) is 1. The lowest BCUT2D eigenvalue weighted by Gasteiger charge is -2.28. The van der Waals surface area contributed by atoms with E-state index in [0.29, 0.717) is 30.5 Å². The number of amides is 4. The van der Waals surface area contributed by atoms with Gasteiger partial charge in [-0.05, 0) is 92.8 Å². The van der Waals surface area contributed by atoms with Crippen LogP contribution in [0.1, 0.15) is 57.7 Å². The average molecular weight is 700 g/mol. The van der Waals surface area contributed by atoms with Gasteiger partial charge >= 0.3 is 0 Å². The third kappa shape index (κ3) is 10.4. The lowest BCUT2D eigenvalue weighted by atomic mass is 10.00. The number of aliphatic hydroxyl groups excluding tert-OH is 1. The number of hydrogen-bond donors (Lipinski definition) is 5. The number of ether oxygens (including phenoxy) is 2. The first-order valence-electron chi connectivity index (χ1n) is 15.7. The van der Waals surface area contributed by atoms with Crippen molar-refractivity contribution in [2.75, 3.05) is 26.7 Å². The molecule has 3 aromatic carbocycles. The number of nitrogens with one attached hydrogen (secondary N) is 3. The molecular formula is C35H43ClFN5O7. The Balaban J connectivity index is 0.00000650. The van der Waals surface area contributed by atoms with Gasteiger partial charge in [0.05, 0.1) is 19.8 Å². The molecule has 1 heterocycles. The Morgan fingerprint density at radius 3 is 2.53 bits per heavy atom. The monoisotopic (exact) mass is 699 g/mol. The molecule has 4 rings (SSSR count). The van der Waals surface area contributed by atoms with Crippen LogP contribution >= 0.6 is 12.4 Å². The summed E-state index contributed by atoms with van der Waals surface area (Å²) in [6.07, 6.45) is -0.0861. The van der Waals surface area contributed by atoms with E-state index < -0.39 is 47.6 Å². The number of halogens is 2. The van der Waals surface area contributed by atoms with Crippen LogP contribution < -0.4 is 31.2 Å². The molecule has 0 saturated heterocycles. The second-order valence-electron chi connectivity index (χ2n) is 11.8. The Morgan fingerprint density at radius 1 is 1.08 bits per heavy atom. The van der Waals surface area contributed by atoms with Crippen LogP contribution in [0, 0.1) is 12.7 Å². The first kappa shape index (κ1) is 38.7. The van der Waals surface area contributed by atoms with Crippen LogP contribution in [-0.4, -0.2) is 78.6 Å². The fraction of sp³-hybridized carbons (Fsp3) is 0.371. The van der Waals surface area contributed by atoms with Gasteiger partial charge in [-0.3, -0.25) is 19.2 Å². The van der Waals surface area contributed by atoms with Crippen molar-refractivity contribution < 1.29 is 38.1 Å². The van der Waals surface area contributed by atoms with E-state index in [9.17, 15) is 28.7 Å². The van der Waals surface area contributed by atoms with Crippen molar-refractivity contribution in [3.05, 3.63) is 88.2 Å². The lowest BCUT2D eigenvalue weighted by Crippen LogP contribution is -2.56. The average Bonchev–Trinajstić information content (AvgIpc) is 3.04. The van der Waals surface area contributed by atoms with E-state index in [1.165, 1.54) is 49.3 Å². The summed E-state index contributed by atoms with van der Waals surface area (Å²) in [7, 11) is 1.42. The highest BCUT2D eigenvalue weighted by Gasteiger charge is 2.29. The SMILES string of the molecule is COc1ccc(C(=O)N2CC(=O)NCCCc3cc(ccc3C)C(=O)N[C@@H]([C@@H](C)O)C(=O)N[C@H](C)C2)cc1Oc1cc(F)cc(CN)c1.Cl. The maximum Gasteiger partial charge on any atom is 0.254 e. The zero-order valence-electron chi connectivity index (χ0n) is 27.9. The molecular weight excluding hydrogens is 657 g/mol. The fourth-order valence-corrected chi connectivity index (χ4v) is 5.37. The van der Waals surface area contributed by atoms with Gasteiger partial charge < -0.3 is 41.2 Å². The van der Waals surface area contributed by atoms with Gasteiger partial charge in [0.15, 0.2) is 11.5 Å². The highest BCUT2D eigenvalue weighted by atomic mass is 35.5. The summed E-state index contributed by atoms with van der Waals surface area (Å²) in [5.74, 6) is -2.13. The summed E-state index contributed by atoms with van der Waals surface area (Å²) in [5, 5.41) is 18.6. The van der Waals surface area contributed by atoms with Crippen LogP contribution in [0.2, 0.25) is 0 Å². The van der Waals surface area contributed by atoms with Crippen molar-refractivity contribution in [3.8, 4) is 17.2 Å². The van der Waals surface area contributed by atoms with Crippen LogP contribution in [-0.2, 0) is 22.6 Å². The standard InChI is InChI=1S/C35H42FN5O7.ClH/c1-20-7-8-25-14-24(20)6-5-11-38-31(43)19-41(18-21(2)39-34(45)32(22(3)42)40-33(25)44)35(46)26-9-10-29(47-4)30(15-26)48-28-13-23(17-37)12-27(36)16-28;/h7-10,12-16,21-22,32,42H,5-6,11,17-19,37H2,1-4H3,(H,38,43)(H,39,45)(H,40,44);1H/t21-,22-,32+;/m1./s1. The van der Waals surface area contributed by atoms with E-state index in [1.54, 1.807) is 25.1 Å². The molecule has 264 valence electrons. The summed E-state index contributed by atoms with van der Waals surface area (Å²) in [6, 6.07) is 11.7. The molecule has 0 radical (unpaired) electrons. The number of benzene rings is 3. The van der Waals surface area contributed by atoms with Crippen molar-refractivity contribution in [2.24, 2.45) is 5.73 Å². The van der Waals surface area contributed by atoms with E-state index in [0.717, 1.165) is 11.1 Å². The smallest absolute Gasteiger partial charge is 0.254 e. The minimum Gasteiger partial charge on any atom is -0.493 e. The van der Waals surface area contributed by atoms with Crippen molar-refractivity contribution >= 4 is 36.0 Å². The van der Waals surface area contributed by atoms with Crippen LogP contribution in [0.5, 0.6) is 17.2 Å². The van der Waals surface area contributed by atoms with Crippen molar-refractivity contribution in [1.82, 2.24) is 20.9 Å². The molecule has 4 amide bonds. The van der Waals surface area contributed by atoms with E-state index in [4.69, 9.17) is 15.2 Å². The van der Waals surface area contributed by atoms with Gasteiger partial charge in [-0.1, -0.05) is 6.07 Å². The highest BCUT2D eigenvalue weighted by Crippen LogP contribution is 2.33. The maximum absolute atomic E-state index is 14.2. The number of aliphatic hydroxyl groups is 1. The van der Waals surface area contributed by atoms with Gasteiger partial charge in [0.2, 0.25) is 11.8 Å². The number of aryl methyl sites for hydroxylation is 2. The van der Waals surface area contributed by atoms with Crippen molar-refractivity contribution in [1.29, 1.82) is 0 Å². The highest BCUT2D eigenvalue weighted by molar-refractivity contribution is 5.98. The molecule has 49 heavy (non-hydrogen) atoms. The second-order valence-corrected chi connectivity index (χ2v) is 11.8. The van der Waals surface area contributed by atoms with E-state index in [-0.39, 0.29) is 54.9 Å². The topological polar surface area (TPSA) is 172 Å². The van der Waals surface area contributed by atoms with Crippen LogP contribution in [0.15, 0.2) is 54.6 Å². The molecule has 1 aliphatic rings. The minimum absolute atomic E-state index is 0. The molecule has 0 aliphatic carbocycles. The Bertz CT molecular complexity index is 1670. The normalized spacial score (nSPS) is 18.2. The summed E-state index contributed by atoms with van der Waals surface area (Å²) in [4.78, 5) is 54.7. The number of carbonyl (C=O) groups is 4. The summed E-state index contributed by atoms with van der Waals surface area (Å²) < 4.78 is 25.5. The van der Waals surface area contributed by atoms with Crippen molar-refractivity contribution in [3.63, 3.8) is 0 Å². The van der Waals surface area contributed by atoms with Crippen LogP contribution in [0.25, 0.3) is 0 Å². The van der Waals surface area contributed by atoms with Gasteiger partial charge in [-0.2, -0.15) is 0 Å². The van der Waals surface area contributed by atoms with E-state index >= 15 is 0 Å². The molecule has 0 aromatic heterocycles. The van der Waals surface area contributed by atoms with Crippen molar-refractivity contribution in [2.45, 2.75) is 58.3 Å². The second kappa shape index (κ2) is 17.6. The lowest BCUT2D eigenvalue weighted by molar-refractivity contribution is -0.126. The molecule has 0 unspecified atom stereocenters. The zero-order valence-corrected chi connectivity index (χ0v) is 28.7. The Labute approximate surface area is 290 Å². The predicted molar refractivity (Wildman–Crippen MR) is 184 cm³/mol. The fourth-order valence-electron chi connectivity index (χ4n) is 5.37. The molecule has 12 nitrogen and oxygen atoms in total. The zero-order chi connectivity index (χ0) is 35.0. The Hall–Kier alpha value is -4.72. The number of carbonyl (C=O) groups excluding carboxylic acids is 4. The van der Waals surface area contributed by atoms with Crippen LogP contribution in [0.4, 0.5) is 4.39 Å². The van der Waals surface area contributed by atoms with Gasteiger partial charge in [0.1, 0.15) is 17.6 Å². The van der Waals surface area contributed by atoms with Gasteiger partial charge in [-0.25, -0.2) is 4.39 Å². The van der Waals surface area contributed by atoms with Crippen LogP contribution in [0.3, 0.4) is 0 Å². The molecule has 14 heteroatoms. The first-order chi connectivity index (χ1) is 22.9. The number of methoxy groups -OCH3 is 1. The molecule has 1 aliphatic heterocycles. The van der Waals surface area contributed by atoms with E-state index in [1.807, 2.05) is 13.0 Å². The van der Waals surface area contributed by atoms with Gasteiger partial charge in [0.25, 0.3) is 11.8 Å². The number of nitrogens with two attached hydrogens (primary N) is 1. The minimum atomic E-state index is -1.28. The summed E-state index contributed by atoms with van der Waals surface area (Å²) in [6.45, 7) is 4.95. The maximum atomic E-state index is 14.2. The Kier molecular flexibility index (Phi) is 13.9. The predicted octanol–water partition coefficient (Wildman–Crippen LogP) is 3.00. The quantitative estimate of drug-likeness (QED) is 0.261. The molecule has 3 atom stereocenters. The molecule has 0 fully saturated rings. The molecule has 3 aromatic rings.